The van der Waals surface area contributed by atoms with Crippen molar-refractivity contribution in [1.82, 2.24) is 4.90 Å². The molecule has 0 atom stereocenters. The number of rotatable bonds is 8. The second-order valence-corrected chi connectivity index (χ2v) is 5.36. The lowest BCUT2D eigenvalue weighted by molar-refractivity contribution is -0.130. The van der Waals surface area contributed by atoms with Crippen molar-refractivity contribution in [3.05, 3.63) is 60.2 Å². The first kappa shape index (κ1) is 16.9. The lowest BCUT2D eigenvalue weighted by Crippen LogP contribution is -2.26. The van der Waals surface area contributed by atoms with Gasteiger partial charge in [0.1, 0.15) is 11.5 Å². The first-order valence-corrected chi connectivity index (χ1v) is 7.74. The molecule has 0 aliphatic heterocycles. The van der Waals surface area contributed by atoms with Gasteiger partial charge in [0.15, 0.2) is 0 Å². The molecule has 0 N–H and O–H groups in total. The van der Waals surface area contributed by atoms with Gasteiger partial charge in [-0.15, -0.1) is 0 Å². The van der Waals surface area contributed by atoms with Gasteiger partial charge < -0.3 is 14.4 Å². The smallest absolute Gasteiger partial charge is 0.222 e. The minimum atomic E-state index is 0.123. The summed E-state index contributed by atoms with van der Waals surface area (Å²) in [6.45, 7) is 1.15. The van der Waals surface area contributed by atoms with Crippen LogP contribution >= 0.6 is 0 Å². The molecule has 0 saturated carbocycles. The third-order valence-corrected chi connectivity index (χ3v) is 3.55. The van der Waals surface area contributed by atoms with Crippen LogP contribution in [0.3, 0.4) is 0 Å². The highest BCUT2D eigenvalue weighted by Gasteiger charge is 2.09. The maximum absolute atomic E-state index is 12.1. The number of nitrogens with zero attached hydrogens (tertiary/aromatic N) is 1. The molecule has 4 heteroatoms. The summed E-state index contributed by atoms with van der Waals surface area (Å²) in [5.74, 6) is 1.78. The van der Waals surface area contributed by atoms with E-state index in [1.54, 1.807) is 12.0 Å². The Morgan fingerprint density at radius 2 is 1.70 bits per heavy atom. The zero-order valence-electron chi connectivity index (χ0n) is 13.7. The van der Waals surface area contributed by atoms with Crippen LogP contribution in [-0.4, -0.2) is 31.6 Å². The van der Waals surface area contributed by atoms with E-state index in [9.17, 15) is 4.79 Å². The summed E-state index contributed by atoms with van der Waals surface area (Å²) in [5, 5.41) is 0. The molecule has 23 heavy (non-hydrogen) atoms. The van der Waals surface area contributed by atoms with E-state index in [2.05, 4.69) is 0 Å². The Hall–Kier alpha value is -2.49. The topological polar surface area (TPSA) is 38.8 Å². The Labute approximate surface area is 137 Å². The number of ether oxygens (including phenoxy) is 2. The maximum Gasteiger partial charge on any atom is 0.222 e. The van der Waals surface area contributed by atoms with Gasteiger partial charge in [-0.2, -0.15) is 0 Å². The second-order valence-electron chi connectivity index (χ2n) is 5.36. The van der Waals surface area contributed by atoms with E-state index in [4.69, 9.17) is 9.47 Å². The molecule has 0 saturated heterocycles. The number of amides is 1. The fourth-order valence-corrected chi connectivity index (χ4v) is 2.21. The van der Waals surface area contributed by atoms with Crippen LogP contribution in [0, 0.1) is 0 Å². The third-order valence-electron chi connectivity index (χ3n) is 3.55. The van der Waals surface area contributed by atoms with Gasteiger partial charge in [-0.3, -0.25) is 4.79 Å². The van der Waals surface area contributed by atoms with Crippen LogP contribution in [-0.2, 0) is 11.3 Å². The SMILES string of the molecule is COc1ccc(CN(C)C(=O)CCCOc2ccccc2)cc1. The molecule has 122 valence electrons. The van der Waals surface area contributed by atoms with Crippen LogP contribution in [0.4, 0.5) is 0 Å². The van der Waals surface area contributed by atoms with Crippen molar-refractivity contribution in [2.24, 2.45) is 0 Å². The van der Waals surface area contributed by atoms with E-state index >= 15 is 0 Å². The molecule has 0 spiro atoms. The Morgan fingerprint density at radius 1 is 1.00 bits per heavy atom. The number of carbonyl (C=O) groups excluding carboxylic acids is 1. The van der Waals surface area contributed by atoms with Gasteiger partial charge in [0.2, 0.25) is 5.91 Å². The molecular weight excluding hydrogens is 290 g/mol. The normalized spacial score (nSPS) is 10.2. The van der Waals surface area contributed by atoms with Crippen LogP contribution < -0.4 is 9.47 Å². The highest BCUT2D eigenvalue weighted by molar-refractivity contribution is 5.75. The molecule has 0 aromatic heterocycles. The average molecular weight is 313 g/mol. The van der Waals surface area contributed by atoms with E-state index in [0.29, 0.717) is 26.0 Å². The zero-order chi connectivity index (χ0) is 16.5. The van der Waals surface area contributed by atoms with Crippen molar-refractivity contribution in [3.8, 4) is 11.5 Å². The first-order valence-electron chi connectivity index (χ1n) is 7.74. The van der Waals surface area contributed by atoms with Crippen molar-refractivity contribution < 1.29 is 14.3 Å². The van der Waals surface area contributed by atoms with E-state index in [1.165, 1.54) is 0 Å². The third kappa shape index (κ3) is 5.66. The van der Waals surface area contributed by atoms with Crippen molar-refractivity contribution in [1.29, 1.82) is 0 Å². The largest absolute Gasteiger partial charge is 0.497 e. The van der Waals surface area contributed by atoms with Crippen molar-refractivity contribution in [3.63, 3.8) is 0 Å². The summed E-state index contributed by atoms with van der Waals surface area (Å²) in [6.07, 6.45) is 1.19. The number of para-hydroxylation sites is 1. The summed E-state index contributed by atoms with van der Waals surface area (Å²) in [5.41, 5.74) is 1.09. The summed E-state index contributed by atoms with van der Waals surface area (Å²) >= 11 is 0. The summed E-state index contributed by atoms with van der Waals surface area (Å²) in [7, 11) is 3.47. The minimum absolute atomic E-state index is 0.123. The molecule has 2 aromatic carbocycles. The van der Waals surface area contributed by atoms with Crippen LogP contribution in [0.5, 0.6) is 11.5 Å². The number of hydrogen-bond donors (Lipinski definition) is 0. The predicted molar refractivity (Wildman–Crippen MR) is 90.6 cm³/mol. The molecule has 0 bridgehead atoms. The van der Waals surface area contributed by atoms with Crippen molar-refractivity contribution in [2.45, 2.75) is 19.4 Å². The van der Waals surface area contributed by atoms with Crippen molar-refractivity contribution in [2.75, 3.05) is 20.8 Å². The number of methoxy groups -OCH3 is 1. The number of hydrogen-bond acceptors (Lipinski definition) is 3. The fourth-order valence-electron chi connectivity index (χ4n) is 2.21. The molecule has 0 heterocycles. The molecule has 1 amide bonds. The van der Waals surface area contributed by atoms with E-state index in [0.717, 1.165) is 17.1 Å². The quantitative estimate of drug-likeness (QED) is 0.700. The molecular formula is C19H23NO3. The average Bonchev–Trinajstić information content (AvgIpc) is 2.60. The summed E-state index contributed by atoms with van der Waals surface area (Å²) in [4.78, 5) is 13.9. The van der Waals surface area contributed by atoms with Gasteiger partial charge >= 0.3 is 0 Å². The Bertz CT molecular complexity index is 596. The molecule has 0 aliphatic carbocycles. The Balaban J connectivity index is 1.69. The molecule has 0 fully saturated rings. The number of carbonyl (C=O) groups is 1. The van der Waals surface area contributed by atoms with Gasteiger partial charge in [0.25, 0.3) is 0 Å². The molecule has 0 aliphatic rings. The Morgan fingerprint density at radius 3 is 2.35 bits per heavy atom. The van der Waals surface area contributed by atoms with Crippen LogP contribution in [0.2, 0.25) is 0 Å². The monoisotopic (exact) mass is 313 g/mol. The molecule has 4 nitrogen and oxygen atoms in total. The standard InChI is InChI=1S/C19H23NO3/c1-20(15-16-10-12-17(22-2)13-11-16)19(21)9-6-14-23-18-7-4-3-5-8-18/h3-5,7-8,10-13H,6,9,14-15H2,1-2H3. The lowest BCUT2D eigenvalue weighted by Gasteiger charge is -2.17. The Kier molecular flexibility index (Phi) is 6.48. The van der Waals surface area contributed by atoms with Gasteiger partial charge in [0.05, 0.1) is 13.7 Å². The summed E-state index contributed by atoms with van der Waals surface area (Å²) in [6, 6.07) is 17.4. The first-order chi connectivity index (χ1) is 11.2. The van der Waals surface area contributed by atoms with Gasteiger partial charge in [-0.25, -0.2) is 0 Å². The summed E-state index contributed by atoms with van der Waals surface area (Å²) < 4.78 is 10.7. The van der Waals surface area contributed by atoms with Crippen molar-refractivity contribution >= 4 is 5.91 Å². The second kappa shape index (κ2) is 8.83. The fraction of sp³-hybridized carbons (Fsp3) is 0.316. The van der Waals surface area contributed by atoms with E-state index < -0.39 is 0 Å². The van der Waals surface area contributed by atoms with E-state index in [-0.39, 0.29) is 5.91 Å². The van der Waals surface area contributed by atoms with E-state index in [1.807, 2.05) is 61.6 Å². The lowest BCUT2D eigenvalue weighted by atomic mass is 10.2. The van der Waals surface area contributed by atoms with Gasteiger partial charge in [0, 0.05) is 20.0 Å². The molecule has 2 rings (SSSR count). The van der Waals surface area contributed by atoms with Crippen LogP contribution in [0.15, 0.2) is 54.6 Å². The molecule has 2 aromatic rings. The van der Waals surface area contributed by atoms with Gasteiger partial charge in [-0.1, -0.05) is 30.3 Å². The predicted octanol–water partition coefficient (Wildman–Crippen LogP) is 3.51. The van der Waals surface area contributed by atoms with Crippen LogP contribution in [0.25, 0.3) is 0 Å². The number of benzene rings is 2. The highest BCUT2D eigenvalue weighted by Crippen LogP contribution is 2.13. The van der Waals surface area contributed by atoms with Crippen LogP contribution in [0.1, 0.15) is 18.4 Å². The molecule has 0 radical (unpaired) electrons. The molecule has 0 unspecified atom stereocenters. The van der Waals surface area contributed by atoms with Gasteiger partial charge in [-0.05, 0) is 36.2 Å². The zero-order valence-corrected chi connectivity index (χ0v) is 13.7. The highest BCUT2D eigenvalue weighted by atomic mass is 16.5. The maximum atomic E-state index is 12.1. The minimum Gasteiger partial charge on any atom is -0.497 e.